The number of amides is 2. The monoisotopic (exact) mass is 424 g/mol. The van der Waals surface area contributed by atoms with Crippen LogP contribution in [0.15, 0.2) is 48.8 Å². The first-order chi connectivity index (χ1) is 14.7. The molecule has 0 radical (unpaired) electrons. The summed E-state index contributed by atoms with van der Waals surface area (Å²) in [5.41, 5.74) is 3.37. The number of nitrogens with one attached hydrogen (secondary N) is 2. The van der Waals surface area contributed by atoms with E-state index < -0.39 is 0 Å². The molecule has 6 nitrogen and oxygen atoms in total. The molecule has 0 atom stereocenters. The van der Waals surface area contributed by atoms with E-state index in [-0.39, 0.29) is 6.03 Å². The fourth-order valence-electron chi connectivity index (χ4n) is 3.78. The predicted molar refractivity (Wildman–Crippen MR) is 122 cm³/mol. The molecule has 0 spiro atoms. The number of rotatable bonds is 7. The van der Waals surface area contributed by atoms with E-state index in [2.05, 4.69) is 39.4 Å². The van der Waals surface area contributed by atoms with E-state index in [9.17, 15) is 4.79 Å². The molecule has 0 saturated heterocycles. The molecular weight excluding hydrogens is 396 g/mol. The van der Waals surface area contributed by atoms with Crippen LogP contribution in [0.4, 0.5) is 10.5 Å². The number of urea groups is 1. The van der Waals surface area contributed by atoms with Gasteiger partial charge in [0.2, 0.25) is 0 Å². The number of likely N-dealkylation sites (N-methyl/N-ethyl adjacent to an activating group) is 1. The van der Waals surface area contributed by atoms with Gasteiger partial charge in [-0.25, -0.2) is 4.79 Å². The van der Waals surface area contributed by atoms with Crippen LogP contribution in [0.25, 0.3) is 5.00 Å². The zero-order chi connectivity index (χ0) is 20.9. The van der Waals surface area contributed by atoms with Gasteiger partial charge in [-0.3, -0.25) is 4.90 Å². The maximum atomic E-state index is 12.5. The van der Waals surface area contributed by atoms with E-state index in [1.807, 2.05) is 54.7 Å². The quantitative estimate of drug-likeness (QED) is 0.581. The van der Waals surface area contributed by atoms with Crippen molar-refractivity contribution >= 4 is 23.1 Å². The summed E-state index contributed by atoms with van der Waals surface area (Å²) in [4.78, 5) is 16.4. The molecule has 0 bridgehead atoms. The Bertz CT molecular complexity index is 980. The average molecular weight is 425 g/mol. The van der Waals surface area contributed by atoms with Gasteiger partial charge in [0.05, 0.1) is 6.61 Å². The number of fused-ring (bicyclic) bond motifs is 1. The van der Waals surface area contributed by atoms with E-state index in [0.29, 0.717) is 13.2 Å². The fraction of sp³-hybridized carbons (Fsp3) is 0.348. The van der Waals surface area contributed by atoms with E-state index in [0.717, 1.165) is 37.5 Å². The molecule has 4 rings (SSSR count). The molecular formula is C23H28N4O2S. The van der Waals surface area contributed by atoms with Crippen molar-refractivity contribution in [1.29, 1.82) is 0 Å². The molecule has 0 fully saturated rings. The summed E-state index contributed by atoms with van der Waals surface area (Å²) in [5, 5.41) is 7.15. The lowest BCUT2D eigenvalue weighted by Crippen LogP contribution is -2.31. The van der Waals surface area contributed by atoms with Gasteiger partial charge in [-0.2, -0.15) is 0 Å². The topological polar surface area (TPSA) is 58.5 Å². The molecule has 1 aliphatic rings. The summed E-state index contributed by atoms with van der Waals surface area (Å²) in [6.07, 6.45) is 5.16. The van der Waals surface area contributed by atoms with Crippen molar-refractivity contribution in [3.8, 4) is 10.8 Å². The standard InChI is InChI=1S/C23H28N4O2S/c1-3-26-14-11-19-20(22(30-21(19)16-26)27-12-5-6-13-27)15-24-23(28)25-17-7-9-18(10-8-17)29-4-2/h5-10,12-13H,3-4,11,14-16H2,1-2H3,(H2,24,25,28). The molecule has 1 aliphatic heterocycles. The van der Waals surface area contributed by atoms with Crippen LogP contribution in [0.3, 0.4) is 0 Å². The summed E-state index contributed by atoms with van der Waals surface area (Å²) < 4.78 is 7.60. The Kier molecular flexibility index (Phi) is 6.40. The fourth-order valence-corrected chi connectivity index (χ4v) is 5.16. The van der Waals surface area contributed by atoms with Crippen molar-refractivity contribution in [2.24, 2.45) is 0 Å². The minimum absolute atomic E-state index is 0.205. The third-order valence-corrected chi connectivity index (χ3v) is 6.63. The highest BCUT2D eigenvalue weighted by molar-refractivity contribution is 7.14. The molecule has 3 heterocycles. The second kappa shape index (κ2) is 9.36. The van der Waals surface area contributed by atoms with Gasteiger partial charge in [-0.15, -0.1) is 11.3 Å². The number of carbonyl (C=O) groups is 1. The molecule has 2 N–H and O–H groups in total. The highest BCUT2D eigenvalue weighted by Crippen LogP contribution is 2.35. The molecule has 1 aromatic carbocycles. The lowest BCUT2D eigenvalue weighted by atomic mass is 10.0. The van der Waals surface area contributed by atoms with Crippen LogP contribution in [-0.4, -0.2) is 35.2 Å². The number of hydrogen-bond acceptors (Lipinski definition) is 4. The van der Waals surface area contributed by atoms with Gasteiger partial charge in [0.1, 0.15) is 10.8 Å². The van der Waals surface area contributed by atoms with Crippen molar-refractivity contribution in [1.82, 2.24) is 14.8 Å². The Hall–Kier alpha value is -2.77. The third kappa shape index (κ3) is 4.52. The normalized spacial score (nSPS) is 13.7. The Morgan fingerprint density at radius 3 is 2.63 bits per heavy atom. The highest BCUT2D eigenvalue weighted by atomic mass is 32.1. The van der Waals surface area contributed by atoms with E-state index in [4.69, 9.17) is 4.74 Å². The Labute approximate surface area is 181 Å². The second-order valence-corrected chi connectivity index (χ2v) is 8.35. The molecule has 0 saturated carbocycles. The predicted octanol–water partition coefficient (Wildman–Crippen LogP) is 4.64. The van der Waals surface area contributed by atoms with Crippen molar-refractivity contribution in [2.75, 3.05) is 25.0 Å². The third-order valence-electron chi connectivity index (χ3n) is 5.36. The van der Waals surface area contributed by atoms with Gasteiger partial charge in [0.25, 0.3) is 0 Å². The molecule has 0 aliphatic carbocycles. The molecule has 2 amide bonds. The molecule has 158 valence electrons. The molecule has 0 unspecified atom stereocenters. The molecule has 3 aromatic rings. The van der Waals surface area contributed by atoms with Crippen molar-refractivity contribution in [3.63, 3.8) is 0 Å². The van der Waals surface area contributed by atoms with E-state index >= 15 is 0 Å². The van der Waals surface area contributed by atoms with Gasteiger partial charge in [0.15, 0.2) is 0 Å². The van der Waals surface area contributed by atoms with Crippen molar-refractivity contribution in [2.45, 2.75) is 33.4 Å². The smallest absolute Gasteiger partial charge is 0.319 e. The summed E-state index contributed by atoms with van der Waals surface area (Å²) >= 11 is 1.84. The highest BCUT2D eigenvalue weighted by Gasteiger charge is 2.24. The lowest BCUT2D eigenvalue weighted by molar-refractivity contribution is 0.251. The van der Waals surface area contributed by atoms with Crippen LogP contribution >= 0.6 is 11.3 Å². The number of anilines is 1. The summed E-state index contributed by atoms with van der Waals surface area (Å²) in [5.74, 6) is 0.797. The first kappa shape index (κ1) is 20.5. The van der Waals surface area contributed by atoms with Gasteiger partial charge < -0.3 is 19.9 Å². The van der Waals surface area contributed by atoms with E-state index in [1.54, 1.807) is 0 Å². The molecule has 2 aromatic heterocycles. The number of ether oxygens (including phenoxy) is 1. The van der Waals surface area contributed by atoms with Crippen LogP contribution in [0, 0.1) is 0 Å². The van der Waals surface area contributed by atoms with E-state index in [1.165, 1.54) is 21.0 Å². The number of hydrogen-bond donors (Lipinski definition) is 2. The lowest BCUT2D eigenvalue weighted by Gasteiger charge is -2.25. The van der Waals surface area contributed by atoms with Gasteiger partial charge >= 0.3 is 6.03 Å². The Morgan fingerprint density at radius 2 is 1.93 bits per heavy atom. The summed E-state index contributed by atoms with van der Waals surface area (Å²) in [6.45, 7) is 8.41. The zero-order valence-electron chi connectivity index (χ0n) is 17.5. The maximum Gasteiger partial charge on any atom is 0.319 e. The Balaban J connectivity index is 1.47. The Morgan fingerprint density at radius 1 is 1.17 bits per heavy atom. The first-order valence-corrected chi connectivity index (χ1v) is 11.3. The molecule has 7 heteroatoms. The number of benzene rings is 1. The van der Waals surface area contributed by atoms with Gasteiger partial charge in [-0.1, -0.05) is 6.92 Å². The number of thiophene rings is 1. The van der Waals surface area contributed by atoms with Crippen LogP contribution < -0.4 is 15.4 Å². The number of aromatic nitrogens is 1. The minimum Gasteiger partial charge on any atom is -0.494 e. The average Bonchev–Trinajstić information content (AvgIpc) is 3.41. The van der Waals surface area contributed by atoms with Crippen molar-refractivity contribution < 1.29 is 9.53 Å². The zero-order valence-corrected chi connectivity index (χ0v) is 18.3. The van der Waals surface area contributed by atoms with Crippen molar-refractivity contribution in [3.05, 3.63) is 64.8 Å². The maximum absolute atomic E-state index is 12.5. The largest absolute Gasteiger partial charge is 0.494 e. The molecule has 30 heavy (non-hydrogen) atoms. The minimum atomic E-state index is -0.205. The summed E-state index contributed by atoms with van der Waals surface area (Å²) in [7, 11) is 0. The van der Waals surface area contributed by atoms with Crippen LogP contribution in [0.1, 0.15) is 29.9 Å². The van der Waals surface area contributed by atoms with Crippen LogP contribution in [0.5, 0.6) is 5.75 Å². The number of nitrogens with zero attached hydrogens (tertiary/aromatic N) is 2. The van der Waals surface area contributed by atoms with Gasteiger partial charge in [0, 0.05) is 48.2 Å². The second-order valence-electron chi connectivity index (χ2n) is 7.26. The SMILES string of the molecule is CCOc1ccc(NC(=O)NCc2c(-n3cccc3)sc3c2CCN(CC)C3)cc1. The van der Waals surface area contributed by atoms with Gasteiger partial charge in [-0.05, 0) is 61.9 Å². The summed E-state index contributed by atoms with van der Waals surface area (Å²) in [6, 6.07) is 11.3. The van der Waals surface area contributed by atoms with Crippen LogP contribution in [0.2, 0.25) is 0 Å². The first-order valence-electron chi connectivity index (χ1n) is 10.4. The number of carbonyl (C=O) groups excluding carboxylic acids is 1. The van der Waals surface area contributed by atoms with Crippen LogP contribution in [-0.2, 0) is 19.5 Å².